The maximum absolute atomic E-state index is 2.85. The van der Waals surface area contributed by atoms with Crippen LogP contribution >= 0.6 is 11.8 Å². The molecule has 2 heterocycles. The van der Waals surface area contributed by atoms with Gasteiger partial charge in [0.1, 0.15) is 0 Å². The maximum Gasteiger partial charge on any atom is 0.180 e. The number of hydrogen-bond donors (Lipinski definition) is 0. The van der Waals surface area contributed by atoms with E-state index in [0.29, 0.717) is 0 Å². The van der Waals surface area contributed by atoms with Gasteiger partial charge in [0.15, 0.2) is 8.07 Å². The van der Waals surface area contributed by atoms with E-state index >= 15 is 0 Å². The highest BCUT2D eigenvalue weighted by Gasteiger charge is 2.57. The molecule has 1 nitrogen and oxygen atoms in total. The largest absolute Gasteiger partial charge is 0.310 e. The van der Waals surface area contributed by atoms with Gasteiger partial charge in [-0.3, -0.25) is 0 Å². The van der Waals surface area contributed by atoms with Crippen molar-refractivity contribution >= 4 is 57.6 Å². The van der Waals surface area contributed by atoms with Crippen molar-refractivity contribution < 1.29 is 0 Å². The fourth-order valence-corrected chi connectivity index (χ4v) is 17.3. The van der Waals surface area contributed by atoms with Crippen LogP contribution in [-0.2, 0) is 5.41 Å². The first-order valence-corrected chi connectivity index (χ1v) is 24.9. The highest BCUT2D eigenvalue weighted by Crippen LogP contribution is 2.57. The zero-order valence-electron chi connectivity index (χ0n) is 35.2. The minimum absolute atomic E-state index is 0.597. The molecule has 0 aromatic heterocycles. The van der Waals surface area contributed by atoms with Crippen LogP contribution in [0.25, 0.3) is 22.3 Å². The number of benzene rings is 10. The molecule has 0 fully saturated rings. The first-order chi connectivity index (χ1) is 31.7. The minimum atomic E-state index is -2.85. The smallest absolute Gasteiger partial charge is 0.180 e. The normalized spacial score (nSPS) is 13.8. The summed E-state index contributed by atoms with van der Waals surface area (Å²) in [4.78, 5) is 5.02. The first kappa shape index (κ1) is 38.3. The quantitative estimate of drug-likeness (QED) is 0.147. The molecular formula is C61H43NSSi. The van der Waals surface area contributed by atoms with Crippen LogP contribution in [0.1, 0.15) is 22.3 Å². The van der Waals surface area contributed by atoms with Crippen molar-refractivity contribution in [3.8, 4) is 22.3 Å². The molecule has 0 radical (unpaired) electrons. The van der Waals surface area contributed by atoms with Crippen molar-refractivity contribution in [3.63, 3.8) is 0 Å². The molecular weight excluding hydrogens is 807 g/mol. The maximum atomic E-state index is 2.52. The van der Waals surface area contributed by atoms with Crippen LogP contribution in [0, 0.1) is 0 Å². The molecule has 3 heteroatoms. The fourth-order valence-electron chi connectivity index (χ4n) is 10.8. The van der Waals surface area contributed by atoms with Gasteiger partial charge in [-0.15, -0.1) is 0 Å². The van der Waals surface area contributed by atoms with E-state index in [0.717, 1.165) is 17.1 Å². The molecule has 10 aromatic carbocycles. The molecule has 0 saturated carbocycles. The summed E-state index contributed by atoms with van der Waals surface area (Å²) >= 11 is 1.90. The Hall–Kier alpha value is -7.43. The summed E-state index contributed by atoms with van der Waals surface area (Å²) in [5.41, 5.74) is 12.9. The van der Waals surface area contributed by atoms with Crippen molar-refractivity contribution in [2.24, 2.45) is 0 Å². The molecule has 0 bridgehead atoms. The van der Waals surface area contributed by atoms with Crippen molar-refractivity contribution in [1.82, 2.24) is 0 Å². The molecule has 0 N–H and O–H groups in total. The second-order valence-corrected chi connectivity index (χ2v) is 21.6. The van der Waals surface area contributed by atoms with Crippen molar-refractivity contribution in [1.29, 1.82) is 0 Å². The third-order valence-electron chi connectivity index (χ3n) is 13.5. The average Bonchev–Trinajstić information content (AvgIpc) is 3.38. The van der Waals surface area contributed by atoms with Gasteiger partial charge in [0.25, 0.3) is 0 Å². The van der Waals surface area contributed by atoms with Gasteiger partial charge in [-0.25, -0.2) is 0 Å². The Morgan fingerprint density at radius 2 is 0.672 bits per heavy atom. The van der Waals surface area contributed by atoms with Crippen LogP contribution in [0.2, 0.25) is 0 Å². The Morgan fingerprint density at radius 3 is 1.17 bits per heavy atom. The van der Waals surface area contributed by atoms with E-state index < -0.39 is 13.5 Å². The summed E-state index contributed by atoms with van der Waals surface area (Å²) < 4.78 is 0. The zero-order chi connectivity index (χ0) is 42.5. The van der Waals surface area contributed by atoms with Crippen LogP contribution in [0.3, 0.4) is 0 Å². The van der Waals surface area contributed by atoms with Crippen LogP contribution in [0.5, 0.6) is 0 Å². The van der Waals surface area contributed by atoms with Gasteiger partial charge in [0.2, 0.25) is 0 Å². The predicted octanol–water partition coefficient (Wildman–Crippen LogP) is 13.0. The highest BCUT2D eigenvalue weighted by atomic mass is 32.2. The Bertz CT molecular complexity index is 3110. The Morgan fingerprint density at radius 1 is 0.297 bits per heavy atom. The summed E-state index contributed by atoms with van der Waals surface area (Å²) in [6, 6.07) is 97.5. The predicted molar refractivity (Wildman–Crippen MR) is 272 cm³/mol. The second-order valence-electron chi connectivity index (χ2n) is 16.8. The van der Waals surface area contributed by atoms with Gasteiger partial charge < -0.3 is 4.90 Å². The van der Waals surface area contributed by atoms with Crippen LogP contribution in [-0.4, -0.2) is 8.07 Å². The molecule has 2 aliphatic heterocycles. The summed E-state index contributed by atoms with van der Waals surface area (Å²) in [6.45, 7) is 0. The number of anilines is 3. The van der Waals surface area contributed by atoms with Crippen molar-refractivity contribution in [2.45, 2.75) is 15.2 Å². The van der Waals surface area contributed by atoms with Crippen LogP contribution in [0.15, 0.2) is 271 Å². The summed E-state index contributed by atoms with van der Waals surface area (Å²) in [7, 11) is -2.85. The van der Waals surface area contributed by atoms with E-state index in [1.54, 1.807) is 0 Å². The molecule has 0 aliphatic carbocycles. The fraction of sp³-hybridized carbons (Fsp3) is 0.0164. The molecule has 2 aliphatic rings. The number of hydrogen-bond acceptors (Lipinski definition) is 2. The van der Waals surface area contributed by atoms with E-state index in [4.69, 9.17) is 0 Å². The Labute approximate surface area is 381 Å². The second kappa shape index (κ2) is 15.7. The standard InChI is InChI=1S/C61H43NSSi/c1-5-19-44(20-6-1)46-33-37-48(38-34-46)62(49-39-35-47(36-40-49)45-21-7-2-8-22-45)50-41-42-58-56(43-50)61(53-27-13-16-30-57(53)63-58)54-28-14-17-31-59(54)64(51-23-9-3-10-24-51,52-25-11-4-12-26-52)60-32-18-15-29-55(60)61/h1-43H. The number of nitrogens with zero attached hydrogens (tertiary/aromatic N) is 1. The minimum Gasteiger partial charge on any atom is -0.310 e. The first-order valence-electron chi connectivity index (χ1n) is 22.1. The number of fused-ring (bicyclic) bond motifs is 8. The lowest BCUT2D eigenvalue weighted by Crippen LogP contribution is -2.79. The van der Waals surface area contributed by atoms with Gasteiger partial charge in [-0.2, -0.15) is 0 Å². The monoisotopic (exact) mass is 849 g/mol. The molecule has 1 spiro atoms. The summed E-state index contributed by atoms with van der Waals surface area (Å²) in [5.74, 6) is 0. The molecule has 0 atom stereocenters. The lowest BCUT2D eigenvalue weighted by atomic mass is 9.64. The van der Waals surface area contributed by atoms with Crippen molar-refractivity contribution in [3.05, 3.63) is 283 Å². The van der Waals surface area contributed by atoms with E-state index in [-0.39, 0.29) is 0 Å². The molecule has 0 amide bonds. The van der Waals surface area contributed by atoms with Gasteiger partial charge in [0, 0.05) is 26.9 Å². The Balaban J connectivity index is 1.13. The zero-order valence-corrected chi connectivity index (χ0v) is 37.0. The Kier molecular flexibility index (Phi) is 9.40. The number of rotatable bonds is 7. The lowest BCUT2D eigenvalue weighted by Gasteiger charge is -2.51. The third kappa shape index (κ3) is 5.92. The average molecular weight is 850 g/mol. The van der Waals surface area contributed by atoms with Gasteiger partial charge in [-0.05, 0) is 114 Å². The van der Waals surface area contributed by atoms with Gasteiger partial charge >= 0.3 is 0 Å². The van der Waals surface area contributed by atoms with E-state index in [9.17, 15) is 0 Å². The molecule has 10 aromatic rings. The lowest BCUT2D eigenvalue weighted by molar-refractivity contribution is 0.707. The molecule has 302 valence electrons. The van der Waals surface area contributed by atoms with E-state index in [1.807, 2.05) is 11.8 Å². The summed E-state index contributed by atoms with van der Waals surface area (Å²) in [5, 5.41) is 5.67. The molecule has 0 saturated heterocycles. The van der Waals surface area contributed by atoms with E-state index in [1.165, 1.54) is 75.0 Å². The van der Waals surface area contributed by atoms with Crippen LogP contribution < -0.4 is 25.6 Å². The van der Waals surface area contributed by atoms with Gasteiger partial charge in [-0.1, -0.05) is 224 Å². The van der Waals surface area contributed by atoms with E-state index in [2.05, 4.69) is 266 Å². The SMILES string of the molecule is c1ccc(-c2ccc(N(c3ccc(-c4ccccc4)cc3)c3ccc4c(c3)C3(c5ccccc5S4)c4ccccc4[Si](c4ccccc4)(c4ccccc4)c4ccccc43)cc2)cc1. The topological polar surface area (TPSA) is 3.24 Å². The van der Waals surface area contributed by atoms with Crippen LogP contribution in [0.4, 0.5) is 17.1 Å². The van der Waals surface area contributed by atoms with Gasteiger partial charge in [0.05, 0.1) is 5.41 Å². The molecule has 0 unspecified atom stereocenters. The molecule has 12 rings (SSSR count). The third-order valence-corrected chi connectivity index (χ3v) is 19.5. The molecule has 64 heavy (non-hydrogen) atoms. The van der Waals surface area contributed by atoms with Crippen molar-refractivity contribution in [2.75, 3.05) is 4.90 Å². The highest BCUT2D eigenvalue weighted by molar-refractivity contribution is 7.99. The summed E-state index contributed by atoms with van der Waals surface area (Å²) in [6.07, 6.45) is 0.